The molecule has 1 atom stereocenters. The fourth-order valence-corrected chi connectivity index (χ4v) is 9.10. The highest BCUT2D eigenvalue weighted by atomic mass is 32.2. The van der Waals surface area contributed by atoms with Crippen molar-refractivity contribution < 1.29 is 24.4 Å². The van der Waals surface area contributed by atoms with E-state index in [4.69, 9.17) is 5.11 Å². The largest absolute Gasteiger partial charge is 0.550 e. The molecule has 46 heavy (non-hydrogen) atoms. The van der Waals surface area contributed by atoms with Gasteiger partial charge in [0.15, 0.2) is 6.54 Å². The van der Waals surface area contributed by atoms with Gasteiger partial charge < -0.3 is 19.9 Å². The Morgan fingerprint density at radius 3 is 2.57 bits per heavy atom. The molecule has 1 aromatic heterocycles. The third-order valence-electron chi connectivity index (χ3n) is 9.16. The Labute approximate surface area is 279 Å². The van der Waals surface area contributed by atoms with E-state index < -0.39 is 11.9 Å². The summed E-state index contributed by atoms with van der Waals surface area (Å²) in [6.07, 6.45) is 19.6. The number of carboxylic acids is 2. The van der Waals surface area contributed by atoms with Gasteiger partial charge in [0.05, 0.1) is 10.7 Å². The molecule has 2 heterocycles. The molecule has 6 nitrogen and oxygen atoms in total. The molecular weight excluding hydrogens is 613 g/mol. The Bertz CT molecular complexity index is 1720. The van der Waals surface area contributed by atoms with Crippen molar-refractivity contribution in [2.24, 2.45) is 5.92 Å². The molecule has 2 aliphatic carbocycles. The van der Waals surface area contributed by atoms with Gasteiger partial charge in [0.25, 0.3) is 5.01 Å². The van der Waals surface area contributed by atoms with Crippen LogP contribution in [0.25, 0.3) is 16.3 Å². The molecule has 1 unspecified atom stereocenters. The van der Waals surface area contributed by atoms with E-state index in [0.29, 0.717) is 12.3 Å². The van der Waals surface area contributed by atoms with Crippen LogP contribution in [0.4, 0.5) is 5.69 Å². The van der Waals surface area contributed by atoms with Gasteiger partial charge in [-0.2, -0.15) is 4.57 Å². The minimum Gasteiger partial charge on any atom is -0.550 e. The van der Waals surface area contributed by atoms with E-state index in [9.17, 15) is 14.7 Å². The van der Waals surface area contributed by atoms with E-state index >= 15 is 0 Å². The summed E-state index contributed by atoms with van der Waals surface area (Å²) < 4.78 is 3.71. The predicted molar refractivity (Wildman–Crippen MR) is 185 cm³/mol. The normalized spacial score (nSPS) is 19.3. The fraction of sp³-hybridized carbons (Fsp3) is 0.395. The number of carbonyl (C=O) groups is 2. The van der Waals surface area contributed by atoms with Gasteiger partial charge >= 0.3 is 5.97 Å². The van der Waals surface area contributed by atoms with Crippen molar-refractivity contribution in [1.29, 1.82) is 0 Å². The second-order valence-electron chi connectivity index (χ2n) is 12.5. The Morgan fingerprint density at radius 2 is 1.70 bits per heavy atom. The number of para-hydroxylation sites is 2. The molecule has 3 aromatic rings. The molecule has 0 fully saturated rings. The van der Waals surface area contributed by atoms with Gasteiger partial charge in [-0.25, -0.2) is 0 Å². The second kappa shape index (κ2) is 15.3. The van der Waals surface area contributed by atoms with E-state index in [-0.39, 0.29) is 12.8 Å². The van der Waals surface area contributed by atoms with E-state index in [1.165, 1.54) is 60.4 Å². The highest BCUT2D eigenvalue weighted by Gasteiger charge is 2.27. The zero-order chi connectivity index (χ0) is 31.9. The molecule has 0 radical (unpaired) electrons. The number of thioether (sulfide) groups is 1. The number of allylic oxidation sites excluding steroid dienone is 6. The molecule has 3 aliphatic rings. The van der Waals surface area contributed by atoms with Gasteiger partial charge in [0.2, 0.25) is 5.52 Å². The Morgan fingerprint density at radius 1 is 0.913 bits per heavy atom. The molecule has 0 amide bonds. The molecule has 0 spiro atoms. The topological polar surface area (TPSA) is 84.5 Å². The molecule has 0 saturated heterocycles. The number of aryl methyl sites for hydroxylation is 1. The number of aliphatic carboxylic acids is 2. The fourth-order valence-electron chi connectivity index (χ4n) is 6.78. The van der Waals surface area contributed by atoms with Gasteiger partial charge in [-0.3, -0.25) is 4.79 Å². The van der Waals surface area contributed by atoms with Crippen LogP contribution in [-0.2, 0) is 16.1 Å². The molecule has 0 saturated carbocycles. The van der Waals surface area contributed by atoms with Gasteiger partial charge in [-0.05, 0) is 105 Å². The number of hydrogen-bond acceptors (Lipinski definition) is 6. The number of thiazole rings is 1. The molecule has 240 valence electrons. The number of unbranched alkanes of at least 4 members (excludes halogenated alkanes) is 4. The summed E-state index contributed by atoms with van der Waals surface area (Å²) in [7, 11) is 0. The van der Waals surface area contributed by atoms with Crippen molar-refractivity contribution >= 4 is 57.0 Å². The minimum atomic E-state index is -0.965. The summed E-state index contributed by atoms with van der Waals surface area (Å²) in [4.78, 5) is 25.5. The van der Waals surface area contributed by atoms with Crippen LogP contribution in [-0.4, -0.2) is 23.6 Å². The van der Waals surface area contributed by atoms with E-state index in [0.717, 1.165) is 58.0 Å². The number of benzene rings is 2. The van der Waals surface area contributed by atoms with Gasteiger partial charge in [-0.1, -0.05) is 65.9 Å². The van der Waals surface area contributed by atoms with Crippen LogP contribution in [0.2, 0.25) is 0 Å². The van der Waals surface area contributed by atoms with Crippen molar-refractivity contribution in [2.75, 3.05) is 11.4 Å². The number of aromatic nitrogens is 1. The van der Waals surface area contributed by atoms with Crippen LogP contribution in [0.3, 0.4) is 0 Å². The average Bonchev–Trinajstić information content (AvgIpc) is 3.57. The summed E-state index contributed by atoms with van der Waals surface area (Å²) in [6, 6.07) is 17.1. The lowest BCUT2D eigenvalue weighted by atomic mass is 9.77. The molecule has 1 aliphatic heterocycles. The highest BCUT2D eigenvalue weighted by Crippen LogP contribution is 2.47. The smallest absolute Gasteiger partial charge is 0.303 e. The first-order valence-corrected chi connectivity index (χ1v) is 18.3. The monoisotopic (exact) mass is 654 g/mol. The molecular formula is C38H42N2O4S2. The predicted octanol–water partition coefficient (Wildman–Crippen LogP) is 8.04. The first-order chi connectivity index (χ1) is 22.4. The van der Waals surface area contributed by atoms with Crippen LogP contribution in [0.5, 0.6) is 0 Å². The maximum absolute atomic E-state index is 10.9. The van der Waals surface area contributed by atoms with Crippen molar-refractivity contribution in [3.05, 3.63) is 93.5 Å². The first kappa shape index (κ1) is 32.3. The molecule has 2 aromatic carbocycles. The molecule has 0 bridgehead atoms. The van der Waals surface area contributed by atoms with Crippen molar-refractivity contribution in [3.8, 4) is 0 Å². The Kier molecular flexibility index (Phi) is 10.8. The lowest BCUT2D eigenvalue weighted by Gasteiger charge is -2.28. The Balaban J connectivity index is 1.21. The lowest BCUT2D eigenvalue weighted by Crippen LogP contribution is -2.35. The number of carboxylic acid groups (broad SMARTS) is 2. The maximum Gasteiger partial charge on any atom is 0.303 e. The Hall–Kier alpha value is -3.62. The third-order valence-corrected chi connectivity index (χ3v) is 11.4. The van der Waals surface area contributed by atoms with Crippen molar-refractivity contribution in [3.63, 3.8) is 0 Å². The summed E-state index contributed by atoms with van der Waals surface area (Å²) >= 11 is 3.67. The SMILES string of the molecule is O=C([O-])CCCCCN1/C(=C/C2=CC3=C/C(=C/c4sc5ccccc5[n+]4CCCCCC(=O)O)CCC3CC2)Sc2ccccc21. The van der Waals surface area contributed by atoms with Crippen LogP contribution >= 0.6 is 23.1 Å². The van der Waals surface area contributed by atoms with E-state index in [1.54, 1.807) is 0 Å². The average molecular weight is 655 g/mol. The zero-order valence-electron chi connectivity index (χ0n) is 26.3. The quantitative estimate of drug-likeness (QED) is 0.140. The third kappa shape index (κ3) is 8.02. The van der Waals surface area contributed by atoms with Gasteiger partial charge in [0, 0.05) is 42.4 Å². The number of nitrogens with zero attached hydrogens (tertiary/aromatic N) is 2. The van der Waals surface area contributed by atoms with E-state index in [2.05, 4.69) is 82.3 Å². The highest BCUT2D eigenvalue weighted by molar-refractivity contribution is 8.03. The number of anilines is 1. The van der Waals surface area contributed by atoms with Crippen LogP contribution in [0, 0.1) is 5.92 Å². The number of fused-ring (bicyclic) bond motifs is 3. The second-order valence-corrected chi connectivity index (χ2v) is 14.6. The minimum absolute atomic E-state index is 0.130. The number of carbonyl (C=O) groups excluding carboxylic acids is 1. The molecule has 1 N–H and O–H groups in total. The zero-order valence-corrected chi connectivity index (χ0v) is 27.9. The summed E-state index contributed by atoms with van der Waals surface area (Å²) in [6.45, 7) is 1.77. The maximum atomic E-state index is 10.9. The van der Waals surface area contributed by atoms with Gasteiger partial charge in [0.1, 0.15) is 4.70 Å². The number of rotatable bonds is 14. The molecule has 8 heteroatoms. The lowest BCUT2D eigenvalue weighted by molar-refractivity contribution is -0.669. The molecule has 6 rings (SSSR count). The van der Waals surface area contributed by atoms with Crippen LogP contribution < -0.4 is 14.6 Å². The van der Waals surface area contributed by atoms with E-state index in [1.807, 2.05) is 23.1 Å². The van der Waals surface area contributed by atoms with Crippen LogP contribution in [0.1, 0.15) is 82.1 Å². The standard InChI is InChI=1S/C38H42N2O4S2/c41-37(42)15-3-1-9-21-39-31-11-5-7-13-33(31)45-35(39)25-27-17-19-29-20-18-28(24-30(29)23-27)26-36-40(22-10-2-4-16-38(43)44)32-12-6-8-14-34(32)46-36/h5-8,11-14,23-26,29H,1-4,9-10,15-22H2,(H-,41,42,43,44). The number of hydrogen-bond donors (Lipinski definition) is 1. The van der Waals surface area contributed by atoms with Crippen molar-refractivity contribution in [2.45, 2.75) is 88.5 Å². The summed E-state index contributed by atoms with van der Waals surface area (Å²) in [5.41, 5.74) is 6.69. The van der Waals surface area contributed by atoms with Crippen molar-refractivity contribution in [1.82, 2.24) is 0 Å². The first-order valence-electron chi connectivity index (χ1n) is 16.7. The summed E-state index contributed by atoms with van der Waals surface area (Å²) in [5, 5.41) is 22.4. The summed E-state index contributed by atoms with van der Waals surface area (Å²) in [5.74, 6) is -1.07. The van der Waals surface area contributed by atoms with Crippen LogP contribution in [0.15, 0.2) is 93.4 Å². The van der Waals surface area contributed by atoms with Gasteiger partial charge in [-0.15, -0.1) is 0 Å².